The van der Waals surface area contributed by atoms with Crippen LogP contribution in [0.5, 0.6) is 0 Å². The van der Waals surface area contributed by atoms with Crippen LogP contribution in [0.15, 0.2) is 0 Å². The lowest BCUT2D eigenvalue weighted by atomic mass is 9.49. The van der Waals surface area contributed by atoms with Crippen LogP contribution in [0.2, 0.25) is 0 Å². The number of ether oxygens (including phenoxy) is 3. The quantitative estimate of drug-likeness (QED) is 0.173. The molecule has 0 aliphatic heterocycles. The normalized spacial score (nSPS) is 28.5. The molecule has 0 radical (unpaired) electrons. The predicted octanol–water partition coefficient (Wildman–Crippen LogP) is 5.13. The summed E-state index contributed by atoms with van der Waals surface area (Å²) in [6.45, 7) is 2.94. The van der Waals surface area contributed by atoms with Crippen molar-refractivity contribution in [3.05, 3.63) is 0 Å². The van der Waals surface area contributed by atoms with E-state index in [0.717, 1.165) is 19.3 Å². The summed E-state index contributed by atoms with van der Waals surface area (Å²) < 4.78 is 97.8. The van der Waals surface area contributed by atoms with Crippen LogP contribution in [0.4, 0.5) is 26.3 Å². The summed E-state index contributed by atoms with van der Waals surface area (Å²) in [5.74, 6) is -17.5. The fraction of sp³-hybridized carbons (Fsp3) is 0.870. The average Bonchev–Trinajstić information content (AvgIpc) is 2.74. The van der Waals surface area contributed by atoms with Crippen LogP contribution in [0.3, 0.4) is 0 Å². The second kappa shape index (κ2) is 9.14. The molecule has 0 aromatic carbocycles. The molecule has 4 fully saturated rings. The molecule has 4 rings (SSSR count). The van der Waals surface area contributed by atoms with Crippen molar-refractivity contribution in [1.82, 2.24) is 0 Å². The number of halogens is 6. The minimum absolute atomic E-state index is 0.0800. The van der Waals surface area contributed by atoms with Crippen LogP contribution in [0, 0.1) is 28.6 Å². The molecule has 0 N–H and O–H groups in total. The summed E-state index contributed by atoms with van der Waals surface area (Å²) in [6.07, 6.45) is -2.60. The highest BCUT2D eigenvalue weighted by molar-refractivity contribution is 5.80. The Bertz CT molecular complexity index is 820. The summed E-state index contributed by atoms with van der Waals surface area (Å²) in [7, 11) is 0. The average molecular weight is 516 g/mol. The molecule has 35 heavy (non-hydrogen) atoms. The molecule has 0 amide bonds. The van der Waals surface area contributed by atoms with E-state index in [1.165, 1.54) is 13.8 Å². The van der Waals surface area contributed by atoms with Gasteiger partial charge in [0, 0.05) is 0 Å². The Hall–Kier alpha value is -2.01. The molecule has 4 aliphatic rings. The van der Waals surface area contributed by atoms with Gasteiger partial charge in [0.2, 0.25) is 0 Å². The van der Waals surface area contributed by atoms with Crippen LogP contribution in [-0.2, 0) is 28.6 Å². The predicted molar refractivity (Wildman–Crippen MR) is 108 cm³/mol. The molecule has 12 heteroatoms. The lowest BCUT2D eigenvalue weighted by Gasteiger charge is -2.55. The third kappa shape index (κ3) is 4.98. The molecular weight excluding hydrogens is 486 g/mol. The fourth-order valence-corrected chi connectivity index (χ4v) is 5.66. The Morgan fingerprint density at radius 2 is 1.23 bits per heavy atom. The van der Waals surface area contributed by atoms with E-state index in [1.54, 1.807) is 6.92 Å². The molecule has 0 heterocycles. The number of esters is 3. The molecule has 0 unspecified atom stereocenters. The van der Waals surface area contributed by atoms with E-state index < -0.39 is 59.9 Å². The summed E-state index contributed by atoms with van der Waals surface area (Å²) >= 11 is 0. The van der Waals surface area contributed by atoms with Gasteiger partial charge in [0.25, 0.3) is 0 Å². The van der Waals surface area contributed by atoms with E-state index in [1.807, 2.05) is 0 Å². The van der Waals surface area contributed by atoms with Gasteiger partial charge in [0.05, 0.1) is 10.8 Å². The second-order valence-electron chi connectivity index (χ2n) is 10.8. The topological polar surface area (TPSA) is 78.9 Å². The van der Waals surface area contributed by atoms with Crippen LogP contribution in [0.1, 0.15) is 65.7 Å². The minimum atomic E-state index is -6.38. The molecule has 0 saturated heterocycles. The van der Waals surface area contributed by atoms with Gasteiger partial charge in [-0.3, -0.25) is 9.59 Å². The van der Waals surface area contributed by atoms with Crippen molar-refractivity contribution in [2.45, 2.75) is 83.7 Å². The van der Waals surface area contributed by atoms with Gasteiger partial charge in [-0.25, -0.2) is 4.79 Å². The van der Waals surface area contributed by atoms with Crippen molar-refractivity contribution in [2.75, 3.05) is 13.2 Å². The molecule has 0 aromatic heterocycles. The number of carbonyl (C=O) groups excluding carboxylic acids is 3. The molecule has 0 spiro atoms. The zero-order valence-corrected chi connectivity index (χ0v) is 19.8. The maximum Gasteiger partial charge on any atom is 0.473 e. The first kappa shape index (κ1) is 27.6. The first-order valence-electron chi connectivity index (χ1n) is 11.7. The van der Waals surface area contributed by atoms with Crippen molar-refractivity contribution < 1.29 is 54.9 Å². The lowest BCUT2D eigenvalue weighted by molar-refractivity contribution is -0.382. The summed E-state index contributed by atoms with van der Waals surface area (Å²) in [6, 6.07) is 0. The van der Waals surface area contributed by atoms with Crippen molar-refractivity contribution in [1.29, 1.82) is 0 Å². The third-order valence-electron chi connectivity index (χ3n) is 7.69. The number of rotatable bonds is 10. The molecule has 4 aliphatic carbocycles. The van der Waals surface area contributed by atoms with Crippen LogP contribution in [0.25, 0.3) is 0 Å². The number of carbonyl (C=O) groups is 3. The van der Waals surface area contributed by atoms with Gasteiger partial charge in [-0.15, -0.1) is 0 Å². The largest absolute Gasteiger partial charge is 0.473 e. The van der Waals surface area contributed by atoms with E-state index in [-0.39, 0.29) is 37.0 Å². The monoisotopic (exact) mass is 516 g/mol. The fourth-order valence-electron chi connectivity index (χ4n) is 5.66. The SMILES string of the molecule is CCC(C)(C)C(=O)OCCOC(=O)C(F)(F)C(F)(F)C(F)(F)OC(=O)C12CC3CC(CC(C3)C1)C2. The number of hydrogen-bond acceptors (Lipinski definition) is 6. The highest BCUT2D eigenvalue weighted by Crippen LogP contribution is 2.61. The highest BCUT2D eigenvalue weighted by atomic mass is 19.3. The maximum absolute atomic E-state index is 14.3. The highest BCUT2D eigenvalue weighted by Gasteiger charge is 2.79. The zero-order chi connectivity index (χ0) is 26.4. The first-order valence-corrected chi connectivity index (χ1v) is 11.7. The third-order valence-corrected chi connectivity index (χ3v) is 7.69. The van der Waals surface area contributed by atoms with E-state index >= 15 is 0 Å². The van der Waals surface area contributed by atoms with Crippen LogP contribution in [-0.4, -0.2) is 49.1 Å². The first-order chi connectivity index (χ1) is 16.0. The molecule has 0 atom stereocenters. The Balaban J connectivity index is 1.61. The van der Waals surface area contributed by atoms with E-state index in [0.29, 0.717) is 6.42 Å². The smallest absolute Gasteiger partial charge is 0.462 e. The maximum atomic E-state index is 14.3. The minimum Gasteiger partial charge on any atom is -0.462 e. The summed E-state index contributed by atoms with van der Waals surface area (Å²) in [4.78, 5) is 36.0. The van der Waals surface area contributed by atoms with Crippen molar-refractivity contribution in [2.24, 2.45) is 28.6 Å². The Morgan fingerprint density at radius 3 is 1.66 bits per heavy atom. The van der Waals surface area contributed by atoms with Gasteiger partial charge in [-0.05, 0) is 76.5 Å². The summed E-state index contributed by atoms with van der Waals surface area (Å²) in [5, 5.41) is 0. The van der Waals surface area contributed by atoms with Gasteiger partial charge in [0.15, 0.2) is 0 Å². The van der Waals surface area contributed by atoms with Gasteiger partial charge < -0.3 is 14.2 Å². The van der Waals surface area contributed by atoms with Crippen molar-refractivity contribution >= 4 is 17.9 Å². The van der Waals surface area contributed by atoms with E-state index in [9.17, 15) is 40.7 Å². The lowest BCUT2D eigenvalue weighted by Crippen LogP contribution is -2.61. The van der Waals surface area contributed by atoms with Gasteiger partial charge in [-0.1, -0.05) is 6.92 Å². The molecule has 4 saturated carbocycles. The number of hydrogen-bond donors (Lipinski definition) is 0. The van der Waals surface area contributed by atoms with E-state index in [4.69, 9.17) is 4.74 Å². The number of alkyl halides is 6. The Morgan fingerprint density at radius 1 is 0.800 bits per heavy atom. The second-order valence-corrected chi connectivity index (χ2v) is 10.8. The molecule has 200 valence electrons. The summed E-state index contributed by atoms with van der Waals surface area (Å²) in [5.41, 5.74) is -2.33. The standard InChI is InChI=1S/C23H30F6O6/c1-4-19(2,3)16(30)33-5-6-34-18(32)21(24,25)22(26,27)23(28,29)35-17(31)20-10-13-7-14(11-20)9-15(8-13)12-20/h13-15H,4-12H2,1-3H3. The van der Waals surface area contributed by atoms with Crippen molar-refractivity contribution in [3.63, 3.8) is 0 Å². The van der Waals surface area contributed by atoms with Gasteiger partial charge in [0.1, 0.15) is 13.2 Å². The van der Waals surface area contributed by atoms with Gasteiger partial charge >= 0.3 is 35.9 Å². The van der Waals surface area contributed by atoms with Crippen molar-refractivity contribution in [3.8, 4) is 0 Å². The molecule has 6 nitrogen and oxygen atoms in total. The molecular formula is C23H30F6O6. The van der Waals surface area contributed by atoms with Gasteiger partial charge in [-0.2, -0.15) is 26.3 Å². The Labute approximate surface area is 199 Å². The molecule has 0 aromatic rings. The van der Waals surface area contributed by atoms with Crippen LogP contribution >= 0.6 is 0 Å². The molecule has 4 bridgehead atoms. The van der Waals surface area contributed by atoms with Crippen LogP contribution < -0.4 is 0 Å². The zero-order valence-electron chi connectivity index (χ0n) is 19.8. The Kier molecular flexibility index (Phi) is 7.20. The van der Waals surface area contributed by atoms with E-state index in [2.05, 4.69) is 9.47 Å².